The van der Waals surface area contributed by atoms with Crippen molar-refractivity contribution < 1.29 is 13.9 Å². The fraction of sp³-hybridized carbons (Fsp3) is 0.250. The Labute approximate surface area is 97.3 Å². The molecule has 0 aliphatic carbocycles. The molecule has 1 atom stereocenters. The summed E-state index contributed by atoms with van der Waals surface area (Å²) in [4.78, 5) is 3.96. The molecule has 0 aliphatic heterocycles. The van der Waals surface area contributed by atoms with E-state index in [0.717, 1.165) is 6.07 Å². The standard InChI is InChI=1S/C12H12F2N2O/c1-2-16-7-6-15-12(16)11(17)8-4-3-5-9(13)10(8)14/h3-7,11,17H,2H2,1H3. The zero-order chi connectivity index (χ0) is 12.4. The molecule has 1 heterocycles. The van der Waals surface area contributed by atoms with Gasteiger partial charge in [0.25, 0.3) is 0 Å². The van der Waals surface area contributed by atoms with Gasteiger partial charge in [-0.15, -0.1) is 0 Å². The number of aliphatic hydroxyl groups is 1. The summed E-state index contributed by atoms with van der Waals surface area (Å²) in [5.41, 5.74) is -0.106. The second-order valence-corrected chi connectivity index (χ2v) is 3.62. The number of hydrogen-bond acceptors (Lipinski definition) is 2. The summed E-state index contributed by atoms with van der Waals surface area (Å²) < 4.78 is 28.2. The van der Waals surface area contributed by atoms with Gasteiger partial charge < -0.3 is 9.67 Å². The number of nitrogens with zero attached hydrogens (tertiary/aromatic N) is 2. The Balaban J connectivity index is 2.44. The minimum atomic E-state index is -1.26. The quantitative estimate of drug-likeness (QED) is 0.890. The van der Waals surface area contributed by atoms with Crippen LogP contribution in [0.25, 0.3) is 0 Å². The van der Waals surface area contributed by atoms with Crippen molar-refractivity contribution in [3.8, 4) is 0 Å². The molecule has 2 aromatic rings. The summed E-state index contributed by atoms with van der Waals surface area (Å²) in [6.07, 6.45) is 1.93. The maximum Gasteiger partial charge on any atom is 0.165 e. The Kier molecular flexibility index (Phi) is 3.19. The lowest BCUT2D eigenvalue weighted by Crippen LogP contribution is -2.11. The van der Waals surface area contributed by atoms with Gasteiger partial charge in [-0.2, -0.15) is 0 Å². The van der Waals surface area contributed by atoms with Crippen molar-refractivity contribution in [2.24, 2.45) is 0 Å². The smallest absolute Gasteiger partial charge is 0.165 e. The number of rotatable bonds is 3. The van der Waals surface area contributed by atoms with Crippen molar-refractivity contribution >= 4 is 0 Å². The highest BCUT2D eigenvalue weighted by atomic mass is 19.2. The predicted molar refractivity (Wildman–Crippen MR) is 58.3 cm³/mol. The SMILES string of the molecule is CCn1ccnc1C(O)c1cccc(F)c1F. The number of hydrogen-bond donors (Lipinski definition) is 1. The van der Waals surface area contributed by atoms with E-state index in [9.17, 15) is 13.9 Å². The third-order valence-corrected chi connectivity index (χ3v) is 2.61. The van der Waals surface area contributed by atoms with Crippen molar-refractivity contribution in [3.05, 3.63) is 53.6 Å². The molecule has 17 heavy (non-hydrogen) atoms. The average molecular weight is 238 g/mol. The van der Waals surface area contributed by atoms with Crippen molar-refractivity contribution in [1.29, 1.82) is 0 Å². The van der Waals surface area contributed by atoms with Gasteiger partial charge in [0.1, 0.15) is 11.9 Å². The minimum absolute atomic E-state index is 0.106. The van der Waals surface area contributed by atoms with E-state index in [1.807, 2.05) is 6.92 Å². The highest BCUT2D eigenvalue weighted by Gasteiger charge is 2.20. The zero-order valence-electron chi connectivity index (χ0n) is 9.27. The topological polar surface area (TPSA) is 38.0 Å². The van der Waals surface area contributed by atoms with Gasteiger partial charge in [-0.1, -0.05) is 12.1 Å². The normalized spacial score (nSPS) is 12.7. The van der Waals surface area contributed by atoms with Crippen LogP contribution in [0.2, 0.25) is 0 Å². The van der Waals surface area contributed by atoms with Crippen molar-refractivity contribution in [2.45, 2.75) is 19.6 Å². The van der Waals surface area contributed by atoms with Gasteiger partial charge in [0, 0.05) is 24.5 Å². The Bertz CT molecular complexity index is 525. The fourth-order valence-electron chi connectivity index (χ4n) is 1.71. The van der Waals surface area contributed by atoms with Gasteiger partial charge in [-0.05, 0) is 13.0 Å². The van der Waals surface area contributed by atoms with E-state index >= 15 is 0 Å². The van der Waals surface area contributed by atoms with Crippen LogP contribution in [0.5, 0.6) is 0 Å². The second-order valence-electron chi connectivity index (χ2n) is 3.62. The van der Waals surface area contributed by atoms with E-state index in [1.54, 1.807) is 10.8 Å². The third kappa shape index (κ3) is 2.06. The first-order chi connectivity index (χ1) is 8.15. The molecule has 1 N–H and O–H groups in total. The van der Waals surface area contributed by atoms with Crippen LogP contribution in [0.1, 0.15) is 24.4 Å². The molecule has 0 amide bonds. The number of aryl methyl sites for hydroxylation is 1. The minimum Gasteiger partial charge on any atom is -0.380 e. The number of aromatic nitrogens is 2. The van der Waals surface area contributed by atoms with Crippen LogP contribution >= 0.6 is 0 Å². The van der Waals surface area contributed by atoms with Gasteiger partial charge in [0.2, 0.25) is 0 Å². The summed E-state index contributed by atoms with van der Waals surface area (Å²) in [6.45, 7) is 2.48. The van der Waals surface area contributed by atoms with Crippen LogP contribution < -0.4 is 0 Å². The molecule has 1 aromatic heterocycles. The Morgan fingerprint density at radius 2 is 2.18 bits per heavy atom. The number of halogens is 2. The number of benzene rings is 1. The predicted octanol–water partition coefficient (Wildman–Crippen LogP) is 2.26. The van der Waals surface area contributed by atoms with Crippen molar-refractivity contribution in [3.63, 3.8) is 0 Å². The summed E-state index contributed by atoms with van der Waals surface area (Å²) in [5.74, 6) is -1.71. The number of imidazole rings is 1. The molecule has 90 valence electrons. The summed E-state index contributed by atoms with van der Waals surface area (Å²) in [7, 11) is 0. The summed E-state index contributed by atoms with van der Waals surface area (Å²) in [6, 6.07) is 3.71. The molecule has 2 rings (SSSR count). The lowest BCUT2D eigenvalue weighted by atomic mass is 10.1. The number of aliphatic hydroxyl groups excluding tert-OH is 1. The van der Waals surface area contributed by atoms with Gasteiger partial charge in [0.05, 0.1) is 0 Å². The first-order valence-corrected chi connectivity index (χ1v) is 5.28. The highest BCUT2D eigenvalue weighted by molar-refractivity contribution is 5.25. The molecule has 0 saturated carbocycles. The van der Waals surface area contributed by atoms with E-state index in [1.165, 1.54) is 18.3 Å². The molecule has 5 heteroatoms. The highest BCUT2D eigenvalue weighted by Crippen LogP contribution is 2.24. The largest absolute Gasteiger partial charge is 0.380 e. The van der Waals surface area contributed by atoms with Crippen molar-refractivity contribution in [2.75, 3.05) is 0 Å². The monoisotopic (exact) mass is 238 g/mol. The molecule has 0 spiro atoms. The van der Waals surface area contributed by atoms with Crippen LogP contribution in [0, 0.1) is 11.6 Å². The van der Waals surface area contributed by atoms with E-state index < -0.39 is 17.7 Å². The van der Waals surface area contributed by atoms with Gasteiger partial charge in [-0.25, -0.2) is 13.8 Å². The van der Waals surface area contributed by atoms with Crippen LogP contribution in [0.4, 0.5) is 8.78 Å². The first-order valence-electron chi connectivity index (χ1n) is 5.28. The molecule has 0 aliphatic rings. The molecule has 1 unspecified atom stereocenters. The average Bonchev–Trinajstić information content (AvgIpc) is 2.80. The molecule has 0 bridgehead atoms. The maximum absolute atomic E-state index is 13.5. The van der Waals surface area contributed by atoms with E-state index in [-0.39, 0.29) is 5.56 Å². The fourth-order valence-corrected chi connectivity index (χ4v) is 1.71. The van der Waals surface area contributed by atoms with Gasteiger partial charge in [0.15, 0.2) is 11.6 Å². The maximum atomic E-state index is 13.5. The molecule has 1 aromatic carbocycles. The molecule has 0 fully saturated rings. The van der Waals surface area contributed by atoms with E-state index in [4.69, 9.17) is 0 Å². The molecule has 0 radical (unpaired) electrons. The van der Waals surface area contributed by atoms with Gasteiger partial charge >= 0.3 is 0 Å². The van der Waals surface area contributed by atoms with Crippen molar-refractivity contribution in [1.82, 2.24) is 9.55 Å². The third-order valence-electron chi connectivity index (χ3n) is 2.61. The van der Waals surface area contributed by atoms with E-state index in [2.05, 4.69) is 4.98 Å². The van der Waals surface area contributed by atoms with Crippen LogP contribution in [0.15, 0.2) is 30.6 Å². The van der Waals surface area contributed by atoms with Crippen LogP contribution in [-0.4, -0.2) is 14.7 Å². The first kappa shape index (κ1) is 11.7. The zero-order valence-corrected chi connectivity index (χ0v) is 9.27. The lowest BCUT2D eigenvalue weighted by Gasteiger charge is -2.13. The lowest BCUT2D eigenvalue weighted by molar-refractivity contribution is 0.198. The molecular formula is C12H12F2N2O. The molecule has 3 nitrogen and oxygen atoms in total. The van der Waals surface area contributed by atoms with Gasteiger partial charge in [-0.3, -0.25) is 0 Å². The van der Waals surface area contributed by atoms with E-state index in [0.29, 0.717) is 12.4 Å². The molecular weight excluding hydrogens is 226 g/mol. The Morgan fingerprint density at radius 1 is 1.41 bits per heavy atom. The van der Waals surface area contributed by atoms with Crippen LogP contribution in [0.3, 0.4) is 0 Å². The Morgan fingerprint density at radius 3 is 2.88 bits per heavy atom. The second kappa shape index (κ2) is 4.63. The van der Waals surface area contributed by atoms with Crippen LogP contribution in [-0.2, 0) is 6.54 Å². The summed E-state index contributed by atoms with van der Waals surface area (Å²) in [5, 5.41) is 10.0. The Hall–Kier alpha value is -1.75. The molecule has 0 saturated heterocycles. The summed E-state index contributed by atoms with van der Waals surface area (Å²) >= 11 is 0.